The normalized spacial score (nSPS) is 17.8. The van der Waals surface area contributed by atoms with Crippen molar-refractivity contribution in [2.75, 3.05) is 0 Å². The van der Waals surface area contributed by atoms with E-state index in [2.05, 4.69) is 0 Å². The highest BCUT2D eigenvalue weighted by molar-refractivity contribution is 6.02. The van der Waals surface area contributed by atoms with Gasteiger partial charge in [-0.2, -0.15) is 0 Å². The van der Waals surface area contributed by atoms with Crippen LogP contribution in [-0.4, -0.2) is 40.3 Å². The van der Waals surface area contributed by atoms with Gasteiger partial charge in [0.25, 0.3) is 11.8 Å². The van der Waals surface area contributed by atoms with Crippen molar-refractivity contribution in [1.29, 1.82) is 0 Å². The van der Waals surface area contributed by atoms with Crippen LogP contribution in [0.4, 0.5) is 0 Å². The summed E-state index contributed by atoms with van der Waals surface area (Å²) < 4.78 is 17.6. The number of fused-ring (bicyclic) bond motifs is 3. The molecule has 1 N–H and O–H groups in total. The van der Waals surface area contributed by atoms with E-state index in [1.165, 1.54) is 6.26 Å². The average molecular weight is 514 g/mol. The van der Waals surface area contributed by atoms with Crippen LogP contribution in [-0.2, 0) is 19.2 Å². The van der Waals surface area contributed by atoms with Crippen molar-refractivity contribution in [2.45, 2.75) is 38.6 Å². The predicted octanol–water partition coefficient (Wildman–Crippen LogP) is 4.49. The number of hydrogen-bond donors (Lipinski definition) is 1. The van der Waals surface area contributed by atoms with E-state index in [0.717, 1.165) is 16.3 Å². The maximum Gasteiger partial charge on any atom is 0.336 e. The Morgan fingerprint density at radius 3 is 2.63 bits per heavy atom. The lowest BCUT2D eigenvalue weighted by Crippen LogP contribution is -2.33. The van der Waals surface area contributed by atoms with Crippen LogP contribution in [0.1, 0.15) is 37.3 Å². The summed E-state index contributed by atoms with van der Waals surface area (Å²) in [5.74, 6) is -1.09. The summed E-state index contributed by atoms with van der Waals surface area (Å²) in [6.45, 7) is 1.68. The summed E-state index contributed by atoms with van der Waals surface area (Å²) >= 11 is 0. The van der Waals surface area contributed by atoms with Gasteiger partial charge in [-0.25, -0.2) is 4.79 Å². The largest absolute Gasteiger partial charge is 0.489 e. The van der Waals surface area contributed by atoms with E-state index in [1.54, 1.807) is 25.1 Å². The standard InChI is InChI=1S/C29H23NO8/c1-16(12-27(34)38-30-24(31)8-9-25(30)32)36-29-20-10-11-35-22(20)15-23-28(29)21(14-26(33)37-23)19-7-6-17-4-2-3-5-18(17)13-19/h2-7,10-11,13-16,26,33H,8-9,12H2,1H3. The Balaban J connectivity index is 1.36. The Hall–Kier alpha value is -4.63. The fourth-order valence-corrected chi connectivity index (χ4v) is 4.79. The first-order valence-electron chi connectivity index (χ1n) is 12.2. The van der Waals surface area contributed by atoms with E-state index in [-0.39, 0.29) is 19.3 Å². The number of aliphatic hydroxyl groups excluding tert-OH is 1. The molecule has 2 atom stereocenters. The molecule has 3 heterocycles. The molecule has 9 nitrogen and oxygen atoms in total. The molecule has 0 spiro atoms. The predicted molar refractivity (Wildman–Crippen MR) is 136 cm³/mol. The van der Waals surface area contributed by atoms with Crippen LogP contribution in [0.5, 0.6) is 11.5 Å². The first kappa shape index (κ1) is 23.7. The number of carbonyl (C=O) groups is 3. The third-order valence-electron chi connectivity index (χ3n) is 6.53. The van der Waals surface area contributed by atoms with Crippen LogP contribution in [0.2, 0.25) is 0 Å². The van der Waals surface area contributed by atoms with Crippen LogP contribution in [0.15, 0.2) is 71.4 Å². The van der Waals surface area contributed by atoms with Gasteiger partial charge in [-0.1, -0.05) is 36.4 Å². The molecule has 0 bridgehead atoms. The summed E-state index contributed by atoms with van der Waals surface area (Å²) in [4.78, 5) is 41.1. The number of carbonyl (C=O) groups excluding carboxylic acids is 3. The SMILES string of the molecule is CC(CC(=O)ON1C(=O)CCC1=O)Oc1c2c(cc3occc13)OC(O)C=C2c1ccc2ccccc2c1. The van der Waals surface area contributed by atoms with Crippen LogP contribution >= 0.6 is 0 Å². The summed E-state index contributed by atoms with van der Waals surface area (Å²) in [6.07, 6.45) is 1.04. The number of furan rings is 1. The number of hydroxylamine groups is 2. The van der Waals surface area contributed by atoms with Crippen molar-refractivity contribution in [3.63, 3.8) is 0 Å². The molecular formula is C29H23NO8. The van der Waals surface area contributed by atoms with Gasteiger partial charge in [0.1, 0.15) is 23.2 Å². The highest BCUT2D eigenvalue weighted by atomic mass is 16.7. The molecule has 1 aromatic heterocycles. The van der Waals surface area contributed by atoms with Crippen molar-refractivity contribution in [1.82, 2.24) is 5.06 Å². The fourth-order valence-electron chi connectivity index (χ4n) is 4.79. The lowest BCUT2D eigenvalue weighted by Gasteiger charge is -2.26. The molecule has 1 fully saturated rings. The Morgan fingerprint density at radius 1 is 1.08 bits per heavy atom. The quantitative estimate of drug-likeness (QED) is 0.375. The molecule has 2 aliphatic heterocycles. The summed E-state index contributed by atoms with van der Waals surface area (Å²) in [5, 5.41) is 13.8. The minimum absolute atomic E-state index is 0.0164. The molecule has 3 aromatic carbocycles. The molecule has 9 heteroatoms. The zero-order chi connectivity index (χ0) is 26.4. The minimum Gasteiger partial charge on any atom is -0.489 e. The second-order valence-corrected chi connectivity index (χ2v) is 9.24. The van der Waals surface area contributed by atoms with Crippen molar-refractivity contribution < 1.29 is 38.2 Å². The Bertz CT molecular complexity index is 1620. The summed E-state index contributed by atoms with van der Waals surface area (Å²) in [7, 11) is 0. The first-order chi connectivity index (χ1) is 18.4. The van der Waals surface area contributed by atoms with Crippen LogP contribution in [0.3, 0.4) is 0 Å². The number of rotatable bonds is 6. The smallest absolute Gasteiger partial charge is 0.336 e. The van der Waals surface area contributed by atoms with Crippen LogP contribution in [0, 0.1) is 0 Å². The van der Waals surface area contributed by atoms with Gasteiger partial charge in [0.2, 0.25) is 6.29 Å². The molecule has 2 unspecified atom stereocenters. The zero-order valence-corrected chi connectivity index (χ0v) is 20.4. The number of ether oxygens (including phenoxy) is 2. The van der Waals surface area contributed by atoms with Crippen molar-refractivity contribution >= 4 is 45.1 Å². The number of amides is 2. The van der Waals surface area contributed by atoms with Crippen molar-refractivity contribution in [3.8, 4) is 11.5 Å². The molecule has 6 rings (SSSR count). The minimum atomic E-state index is -1.19. The summed E-state index contributed by atoms with van der Waals surface area (Å²) in [5.41, 5.74) is 2.63. The van der Waals surface area contributed by atoms with Gasteiger partial charge in [-0.05, 0) is 47.0 Å². The number of benzene rings is 3. The molecule has 2 amide bonds. The topological polar surface area (TPSA) is 116 Å². The van der Waals surface area contributed by atoms with Gasteiger partial charge in [-0.3, -0.25) is 9.59 Å². The van der Waals surface area contributed by atoms with Gasteiger partial charge >= 0.3 is 5.97 Å². The second kappa shape index (κ2) is 9.35. The summed E-state index contributed by atoms with van der Waals surface area (Å²) in [6, 6.07) is 17.4. The second-order valence-electron chi connectivity index (χ2n) is 9.24. The zero-order valence-electron chi connectivity index (χ0n) is 20.4. The van der Waals surface area contributed by atoms with Crippen molar-refractivity contribution in [2.24, 2.45) is 0 Å². The molecule has 38 heavy (non-hydrogen) atoms. The Labute approximate surface area is 216 Å². The lowest BCUT2D eigenvalue weighted by molar-refractivity contribution is -0.198. The highest BCUT2D eigenvalue weighted by Crippen LogP contribution is 2.47. The third kappa shape index (κ3) is 4.26. The molecular weight excluding hydrogens is 490 g/mol. The maximum atomic E-state index is 12.5. The number of imide groups is 1. The van der Waals surface area contributed by atoms with Crippen molar-refractivity contribution in [3.05, 3.63) is 78.1 Å². The number of aliphatic hydroxyl groups is 1. The molecule has 2 aliphatic rings. The maximum absolute atomic E-state index is 12.5. The molecule has 4 aromatic rings. The molecule has 1 saturated heterocycles. The number of hydrogen-bond acceptors (Lipinski definition) is 8. The fraction of sp³-hybridized carbons (Fsp3) is 0.207. The third-order valence-corrected chi connectivity index (χ3v) is 6.53. The lowest BCUT2D eigenvalue weighted by atomic mass is 9.91. The average Bonchev–Trinajstić information content (AvgIpc) is 3.49. The Morgan fingerprint density at radius 2 is 1.84 bits per heavy atom. The van der Waals surface area contributed by atoms with E-state index >= 15 is 0 Å². The Kier molecular flexibility index (Phi) is 5.84. The molecule has 0 saturated carbocycles. The van der Waals surface area contributed by atoms with Crippen LogP contribution < -0.4 is 9.47 Å². The van der Waals surface area contributed by atoms with Gasteiger partial charge in [0.15, 0.2) is 0 Å². The van der Waals surface area contributed by atoms with Crippen LogP contribution in [0.25, 0.3) is 27.3 Å². The molecule has 0 aliphatic carbocycles. The first-order valence-corrected chi connectivity index (χ1v) is 12.2. The van der Waals surface area contributed by atoms with E-state index in [0.29, 0.717) is 38.7 Å². The van der Waals surface area contributed by atoms with Gasteiger partial charge in [-0.15, -0.1) is 5.06 Å². The van der Waals surface area contributed by atoms with E-state index in [4.69, 9.17) is 18.7 Å². The molecule has 0 radical (unpaired) electrons. The van der Waals surface area contributed by atoms with E-state index < -0.39 is 30.2 Å². The van der Waals surface area contributed by atoms with Gasteiger partial charge < -0.3 is 23.8 Å². The molecule has 192 valence electrons. The van der Waals surface area contributed by atoms with E-state index in [9.17, 15) is 19.5 Å². The van der Waals surface area contributed by atoms with E-state index in [1.807, 2.05) is 42.5 Å². The monoisotopic (exact) mass is 513 g/mol. The van der Waals surface area contributed by atoms with Gasteiger partial charge in [0.05, 0.1) is 23.6 Å². The number of nitrogens with zero attached hydrogens (tertiary/aromatic N) is 1. The van der Waals surface area contributed by atoms with Gasteiger partial charge in [0, 0.05) is 18.9 Å². The highest BCUT2D eigenvalue weighted by Gasteiger charge is 2.34.